The number of hydrogen-bond donors (Lipinski definition) is 1. The summed E-state index contributed by atoms with van der Waals surface area (Å²) in [6.07, 6.45) is -0.905. The number of aliphatic hydroxyl groups is 1. The lowest BCUT2D eigenvalue weighted by Crippen LogP contribution is -2.12. The first-order valence-electron chi connectivity index (χ1n) is 6.93. The maximum absolute atomic E-state index is 12.8. The molecular formula is C18H14O3. The van der Waals surface area contributed by atoms with E-state index in [0.717, 1.165) is 22.3 Å². The van der Waals surface area contributed by atoms with Crippen LogP contribution in [-0.2, 0) is 0 Å². The van der Waals surface area contributed by atoms with Crippen LogP contribution in [0.5, 0.6) is 0 Å². The lowest BCUT2D eigenvalue weighted by Gasteiger charge is -2.08. The predicted octanol–water partition coefficient (Wildman–Crippen LogP) is 3.47. The highest BCUT2D eigenvalue weighted by Gasteiger charge is 2.32. The minimum absolute atomic E-state index is 0.137. The standard InChI is InChI=1S/C18H14O3/c1-9-7-10(2)17-13(8-9)16(20)14-15(19)11-5-3-4-6-12(11)18(14)21-17/h3-8,15,19H,1-2H3. The van der Waals surface area contributed by atoms with Gasteiger partial charge in [0, 0.05) is 5.56 Å². The van der Waals surface area contributed by atoms with Crippen LogP contribution in [-0.4, -0.2) is 5.11 Å². The van der Waals surface area contributed by atoms with Crippen LogP contribution in [0.2, 0.25) is 0 Å². The summed E-state index contributed by atoms with van der Waals surface area (Å²) in [5, 5.41) is 11.0. The molecule has 0 saturated heterocycles. The first kappa shape index (κ1) is 12.4. The first-order chi connectivity index (χ1) is 10.1. The zero-order chi connectivity index (χ0) is 14.7. The van der Waals surface area contributed by atoms with E-state index in [4.69, 9.17) is 4.42 Å². The molecule has 1 atom stereocenters. The van der Waals surface area contributed by atoms with Crippen molar-refractivity contribution < 1.29 is 9.52 Å². The number of aliphatic hydroxyl groups excluding tert-OH is 1. The average Bonchev–Trinajstić information content (AvgIpc) is 2.75. The lowest BCUT2D eigenvalue weighted by atomic mass is 10.0. The minimum Gasteiger partial charge on any atom is -0.455 e. The second-order valence-electron chi connectivity index (χ2n) is 5.62. The first-order valence-corrected chi connectivity index (χ1v) is 6.93. The molecule has 3 nitrogen and oxygen atoms in total. The van der Waals surface area contributed by atoms with Gasteiger partial charge in [-0.1, -0.05) is 30.3 Å². The largest absolute Gasteiger partial charge is 0.455 e. The molecule has 0 radical (unpaired) electrons. The van der Waals surface area contributed by atoms with Crippen molar-refractivity contribution in [1.82, 2.24) is 0 Å². The normalized spacial score (nSPS) is 16.0. The summed E-state index contributed by atoms with van der Waals surface area (Å²) in [7, 11) is 0. The topological polar surface area (TPSA) is 50.4 Å². The molecule has 21 heavy (non-hydrogen) atoms. The number of fused-ring (bicyclic) bond motifs is 4. The molecule has 1 unspecified atom stereocenters. The molecule has 104 valence electrons. The van der Waals surface area contributed by atoms with Crippen LogP contribution in [0.1, 0.15) is 28.4 Å². The van der Waals surface area contributed by atoms with E-state index in [0.29, 0.717) is 22.3 Å². The Morgan fingerprint density at radius 3 is 2.71 bits per heavy atom. The van der Waals surface area contributed by atoms with Gasteiger partial charge in [0.2, 0.25) is 0 Å². The molecule has 3 heteroatoms. The molecule has 0 saturated carbocycles. The van der Waals surface area contributed by atoms with Crippen LogP contribution in [0.3, 0.4) is 0 Å². The molecule has 0 fully saturated rings. The second-order valence-corrected chi connectivity index (χ2v) is 5.62. The molecule has 0 spiro atoms. The molecule has 3 aromatic rings. The van der Waals surface area contributed by atoms with E-state index >= 15 is 0 Å². The summed E-state index contributed by atoms with van der Waals surface area (Å²) in [5.74, 6) is 0.502. The van der Waals surface area contributed by atoms with Gasteiger partial charge in [0.25, 0.3) is 0 Å². The highest BCUT2D eigenvalue weighted by Crippen LogP contribution is 2.43. The average molecular weight is 278 g/mol. The number of aryl methyl sites for hydroxylation is 2. The summed E-state index contributed by atoms with van der Waals surface area (Å²) < 4.78 is 6.01. The van der Waals surface area contributed by atoms with Crippen molar-refractivity contribution in [2.24, 2.45) is 0 Å². The highest BCUT2D eigenvalue weighted by molar-refractivity contribution is 5.86. The van der Waals surface area contributed by atoms with Gasteiger partial charge < -0.3 is 9.52 Å². The van der Waals surface area contributed by atoms with E-state index in [-0.39, 0.29) is 5.43 Å². The molecule has 0 bridgehead atoms. The Labute approximate surface area is 121 Å². The number of rotatable bonds is 0. The Morgan fingerprint density at radius 1 is 1.14 bits per heavy atom. The molecule has 0 amide bonds. The van der Waals surface area contributed by atoms with Crippen molar-refractivity contribution in [3.8, 4) is 11.3 Å². The zero-order valence-corrected chi connectivity index (χ0v) is 11.8. The fraction of sp³-hybridized carbons (Fsp3) is 0.167. The molecule has 1 aromatic heterocycles. The van der Waals surface area contributed by atoms with Gasteiger partial charge in [-0.2, -0.15) is 0 Å². The minimum atomic E-state index is -0.905. The van der Waals surface area contributed by atoms with Crippen LogP contribution >= 0.6 is 0 Å². The Balaban J connectivity index is 2.20. The van der Waals surface area contributed by atoms with E-state index in [2.05, 4.69) is 0 Å². The molecule has 0 aliphatic heterocycles. The van der Waals surface area contributed by atoms with Gasteiger partial charge in [-0.15, -0.1) is 0 Å². The van der Waals surface area contributed by atoms with Crippen LogP contribution in [0.25, 0.3) is 22.3 Å². The molecule has 1 aliphatic carbocycles. The van der Waals surface area contributed by atoms with Crippen LogP contribution in [0.4, 0.5) is 0 Å². The summed E-state index contributed by atoms with van der Waals surface area (Å²) in [4.78, 5) is 12.8. The van der Waals surface area contributed by atoms with Gasteiger partial charge in [-0.05, 0) is 36.6 Å². The third kappa shape index (κ3) is 1.55. The summed E-state index contributed by atoms with van der Waals surface area (Å²) >= 11 is 0. The summed E-state index contributed by atoms with van der Waals surface area (Å²) in [5.41, 5.74) is 4.31. The predicted molar refractivity (Wildman–Crippen MR) is 81.5 cm³/mol. The Morgan fingerprint density at radius 2 is 1.90 bits per heavy atom. The molecular weight excluding hydrogens is 264 g/mol. The van der Waals surface area contributed by atoms with E-state index in [1.54, 1.807) is 0 Å². The van der Waals surface area contributed by atoms with Crippen LogP contribution in [0, 0.1) is 13.8 Å². The smallest absolute Gasteiger partial charge is 0.199 e. The van der Waals surface area contributed by atoms with Crippen molar-refractivity contribution in [2.45, 2.75) is 20.0 Å². The number of hydrogen-bond acceptors (Lipinski definition) is 3. The van der Waals surface area contributed by atoms with Crippen molar-refractivity contribution in [2.75, 3.05) is 0 Å². The molecule has 1 N–H and O–H groups in total. The monoisotopic (exact) mass is 278 g/mol. The van der Waals surface area contributed by atoms with Gasteiger partial charge >= 0.3 is 0 Å². The lowest BCUT2D eigenvalue weighted by molar-refractivity contribution is 0.223. The zero-order valence-electron chi connectivity index (χ0n) is 11.8. The number of benzene rings is 2. The van der Waals surface area contributed by atoms with E-state index in [1.807, 2.05) is 50.2 Å². The fourth-order valence-electron chi connectivity index (χ4n) is 3.21. The maximum Gasteiger partial charge on any atom is 0.199 e. The molecule has 1 heterocycles. The van der Waals surface area contributed by atoms with Crippen LogP contribution < -0.4 is 5.43 Å². The van der Waals surface area contributed by atoms with Gasteiger partial charge in [-0.25, -0.2) is 0 Å². The van der Waals surface area contributed by atoms with Gasteiger partial charge in [0.1, 0.15) is 17.4 Å². The van der Waals surface area contributed by atoms with Crippen LogP contribution in [0.15, 0.2) is 45.6 Å². The van der Waals surface area contributed by atoms with Gasteiger partial charge in [0.05, 0.1) is 10.9 Å². The Hall–Kier alpha value is -2.39. The van der Waals surface area contributed by atoms with Gasteiger partial charge in [-0.3, -0.25) is 4.79 Å². The summed E-state index contributed by atoms with van der Waals surface area (Å²) in [6, 6.07) is 11.3. The fourth-order valence-corrected chi connectivity index (χ4v) is 3.21. The SMILES string of the molecule is Cc1cc(C)c2oc3c(c(=O)c2c1)C(O)c1ccccc1-3. The van der Waals surface area contributed by atoms with Gasteiger partial charge in [0.15, 0.2) is 5.43 Å². The maximum atomic E-state index is 12.8. The van der Waals surface area contributed by atoms with Crippen molar-refractivity contribution in [1.29, 1.82) is 0 Å². The van der Waals surface area contributed by atoms with Crippen molar-refractivity contribution in [3.05, 3.63) is 68.9 Å². The van der Waals surface area contributed by atoms with E-state index in [9.17, 15) is 9.90 Å². The third-order valence-corrected chi connectivity index (χ3v) is 4.13. The highest BCUT2D eigenvalue weighted by atomic mass is 16.3. The third-order valence-electron chi connectivity index (χ3n) is 4.13. The molecule has 4 rings (SSSR count). The van der Waals surface area contributed by atoms with Crippen molar-refractivity contribution >= 4 is 11.0 Å². The second kappa shape index (κ2) is 4.06. The quantitative estimate of drug-likeness (QED) is 0.685. The van der Waals surface area contributed by atoms with E-state index < -0.39 is 6.10 Å². The van der Waals surface area contributed by atoms with Crippen molar-refractivity contribution in [3.63, 3.8) is 0 Å². The van der Waals surface area contributed by atoms with E-state index in [1.165, 1.54) is 0 Å². The molecule has 1 aliphatic rings. The summed E-state index contributed by atoms with van der Waals surface area (Å²) in [6.45, 7) is 3.88. The Bertz CT molecular complexity index is 951. The molecule has 2 aromatic carbocycles. The Kier molecular flexibility index (Phi) is 2.39.